The Bertz CT molecular complexity index is 586. The molecule has 3 unspecified atom stereocenters. The lowest BCUT2D eigenvalue weighted by atomic mass is 9.91. The zero-order valence-electron chi connectivity index (χ0n) is 13.0. The van der Waals surface area contributed by atoms with E-state index in [0.717, 1.165) is 36.8 Å². The highest BCUT2D eigenvalue weighted by Crippen LogP contribution is 2.52. The predicted molar refractivity (Wildman–Crippen MR) is 89.8 cm³/mol. The van der Waals surface area contributed by atoms with Gasteiger partial charge in [-0.15, -0.1) is 11.3 Å². The molecule has 3 heterocycles. The number of ether oxygens (including phenoxy) is 1. The van der Waals surface area contributed by atoms with Crippen LogP contribution in [0.4, 0.5) is 0 Å². The van der Waals surface area contributed by atoms with Crippen LogP contribution in [0.3, 0.4) is 0 Å². The number of thiophene rings is 1. The Morgan fingerprint density at radius 2 is 2.26 bits per heavy atom. The van der Waals surface area contributed by atoms with Crippen molar-refractivity contribution in [2.45, 2.75) is 43.7 Å². The van der Waals surface area contributed by atoms with E-state index < -0.39 is 0 Å². The van der Waals surface area contributed by atoms with Gasteiger partial charge in [-0.05, 0) is 37.8 Å². The Balaban J connectivity index is 1.44. The van der Waals surface area contributed by atoms with Crippen LogP contribution in [0.25, 0.3) is 0 Å². The Hall–Kier alpha value is -0.620. The molecule has 1 aromatic rings. The van der Waals surface area contributed by atoms with Crippen molar-refractivity contribution in [3.05, 3.63) is 21.3 Å². The van der Waals surface area contributed by atoms with Crippen molar-refractivity contribution < 1.29 is 14.6 Å². The van der Waals surface area contributed by atoms with Gasteiger partial charge in [0.15, 0.2) is 0 Å². The molecule has 1 aromatic heterocycles. The van der Waals surface area contributed by atoms with Crippen molar-refractivity contribution in [3.8, 4) is 0 Å². The summed E-state index contributed by atoms with van der Waals surface area (Å²) in [6.07, 6.45) is 3.37. The maximum atomic E-state index is 12.9. The number of aliphatic hydroxyl groups is 1. The smallest absolute Gasteiger partial charge is 0.226 e. The monoisotopic (exact) mass is 355 g/mol. The van der Waals surface area contributed by atoms with Crippen LogP contribution in [-0.4, -0.2) is 47.8 Å². The second-order valence-corrected chi connectivity index (χ2v) is 8.76. The molecule has 0 radical (unpaired) electrons. The zero-order chi connectivity index (χ0) is 16.0. The summed E-state index contributed by atoms with van der Waals surface area (Å²) in [5.41, 5.74) is 0. The minimum absolute atomic E-state index is 0.0713. The van der Waals surface area contributed by atoms with Gasteiger partial charge in [0.2, 0.25) is 5.91 Å². The number of β-amino-alcohol motifs (C(OH)–C–C–N with tert-alkyl or cyclic N) is 1. The third-order valence-electron chi connectivity index (χ3n) is 5.41. The van der Waals surface area contributed by atoms with Crippen LogP contribution in [0.1, 0.15) is 36.5 Å². The first kappa shape index (κ1) is 15.9. The molecule has 4 nitrogen and oxygen atoms in total. The van der Waals surface area contributed by atoms with Crippen LogP contribution in [0.15, 0.2) is 12.1 Å². The molecular weight excluding hydrogens is 334 g/mol. The fourth-order valence-electron chi connectivity index (χ4n) is 4.14. The van der Waals surface area contributed by atoms with Crippen molar-refractivity contribution in [3.63, 3.8) is 0 Å². The molecule has 4 rings (SSSR count). The second-order valence-electron chi connectivity index (χ2n) is 7.02. The molecule has 1 aliphatic carbocycles. The lowest BCUT2D eigenvalue weighted by Gasteiger charge is -2.33. The van der Waals surface area contributed by atoms with Gasteiger partial charge in [0.1, 0.15) is 0 Å². The number of rotatable bonds is 3. The number of nitrogens with zero attached hydrogens (tertiary/aromatic N) is 1. The summed E-state index contributed by atoms with van der Waals surface area (Å²) >= 11 is 7.58. The van der Waals surface area contributed by atoms with E-state index in [9.17, 15) is 9.90 Å². The van der Waals surface area contributed by atoms with Gasteiger partial charge in [-0.25, -0.2) is 0 Å². The molecule has 0 bridgehead atoms. The van der Waals surface area contributed by atoms with Crippen LogP contribution in [0, 0.1) is 11.8 Å². The van der Waals surface area contributed by atoms with E-state index in [-0.39, 0.29) is 24.0 Å². The van der Waals surface area contributed by atoms with Crippen molar-refractivity contribution in [2.75, 3.05) is 19.8 Å². The Kier molecular flexibility index (Phi) is 4.39. The molecule has 2 saturated heterocycles. The van der Waals surface area contributed by atoms with E-state index in [1.165, 1.54) is 4.88 Å². The van der Waals surface area contributed by atoms with Crippen molar-refractivity contribution >= 4 is 28.8 Å². The van der Waals surface area contributed by atoms with Gasteiger partial charge in [0.05, 0.1) is 17.0 Å². The molecule has 1 amide bonds. The number of hydrogen-bond acceptors (Lipinski definition) is 4. The van der Waals surface area contributed by atoms with Gasteiger partial charge < -0.3 is 14.7 Å². The molecule has 5 atom stereocenters. The van der Waals surface area contributed by atoms with Crippen molar-refractivity contribution in [1.82, 2.24) is 4.90 Å². The topological polar surface area (TPSA) is 49.8 Å². The van der Waals surface area contributed by atoms with Gasteiger partial charge in [-0.3, -0.25) is 4.79 Å². The number of aliphatic hydroxyl groups excluding tert-OH is 1. The van der Waals surface area contributed by atoms with E-state index in [1.54, 1.807) is 11.3 Å². The standard InChI is InChI=1S/C17H22ClNO3S/c18-16-4-3-15(23-16)12-7-13(12)17(21)19-8-11(20)6-14(19)10-2-1-5-22-9-10/h3-4,10-14,20H,1-2,5-9H2/t10?,11?,12-,13-,14?/m1/s1. The number of carbonyl (C=O) groups excluding carboxylic acids is 1. The van der Waals surface area contributed by atoms with Gasteiger partial charge in [0.25, 0.3) is 0 Å². The molecule has 23 heavy (non-hydrogen) atoms. The predicted octanol–water partition coefficient (Wildman–Crippen LogP) is 2.89. The van der Waals surface area contributed by atoms with E-state index >= 15 is 0 Å². The molecule has 0 aromatic carbocycles. The molecule has 3 fully saturated rings. The minimum Gasteiger partial charge on any atom is -0.391 e. The van der Waals surface area contributed by atoms with E-state index in [4.69, 9.17) is 16.3 Å². The first-order valence-electron chi connectivity index (χ1n) is 8.45. The summed E-state index contributed by atoms with van der Waals surface area (Å²) in [6, 6.07) is 4.09. The first-order valence-corrected chi connectivity index (χ1v) is 9.64. The third-order valence-corrected chi connectivity index (χ3v) is 6.77. The molecule has 0 spiro atoms. The number of carbonyl (C=O) groups is 1. The fraction of sp³-hybridized carbons (Fsp3) is 0.706. The molecule has 126 valence electrons. The van der Waals surface area contributed by atoms with E-state index in [1.807, 2.05) is 17.0 Å². The Morgan fingerprint density at radius 3 is 2.96 bits per heavy atom. The summed E-state index contributed by atoms with van der Waals surface area (Å²) in [5, 5.41) is 10.1. The zero-order valence-corrected chi connectivity index (χ0v) is 14.6. The maximum Gasteiger partial charge on any atom is 0.226 e. The number of amides is 1. The lowest BCUT2D eigenvalue weighted by molar-refractivity contribution is -0.135. The number of hydrogen-bond donors (Lipinski definition) is 1. The Morgan fingerprint density at radius 1 is 1.39 bits per heavy atom. The average Bonchev–Trinajstić information content (AvgIpc) is 3.09. The largest absolute Gasteiger partial charge is 0.391 e. The van der Waals surface area contributed by atoms with Crippen LogP contribution < -0.4 is 0 Å². The van der Waals surface area contributed by atoms with E-state index in [2.05, 4.69) is 0 Å². The fourth-order valence-corrected chi connectivity index (χ4v) is 5.37. The SMILES string of the molecule is O=C([C@@H]1C[C@H]1c1ccc(Cl)s1)N1CC(O)CC1C1CCCOC1. The summed E-state index contributed by atoms with van der Waals surface area (Å²) < 4.78 is 6.38. The highest BCUT2D eigenvalue weighted by molar-refractivity contribution is 7.16. The average molecular weight is 356 g/mol. The van der Waals surface area contributed by atoms with Gasteiger partial charge in [-0.1, -0.05) is 11.6 Å². The summed E-state index contributed by atoms with van der Waals surface area (Å²) in [5.74, 6) is 0.980. The van der Waals surface area contributed by atoms with Crippen LogP contribution in [0.5, 0.6) is 0 Å². The Labute approximate surface area is 145 Å². The highest BCUT2D eigenvalue weighted by atomic mass is 35.5. The third kappa shape index (κ3) is 3.16. The lowest BCUT2D eigenvalue weighted by Crippen LogP contribution is -2.43. The van der Waals surface area contributed by atoms with Crippen molar-refractivity contribution in [1.29, 1.82) is 0 Å². The quantitative estimate of drug-likeness (QED) is 0.907. The number of halogens is 1. The number of likely N-dealkylation sites (tertiary alicyclic amines) is 1. The summed E-state index contributed by atoms with van der Waals surface area (Å²) in [4.78, 5) is 16.1. The van der Waals surface area contributed by atoms with Crippen LogP contribution >= 0.6 is 22.9 Å². The molecule has 3 aliphatic rings. The van der Waals surface area contributed by atoms with Crippen molar-refractivity contribution in [2.24, 2.45) is 11.8 Å². The van der Waals surface area contributed by atoms with Crippen LogP contribution in [0.2, 0.25) is 4.34 Å². The van der Waals surface area contributed by atoms with E-state index in [0.29, 0.717) is 24.8 Å². The molecule has 6 heteroatoms. The normalized spacial score (nSPS) is 37.1. The summed E-state index contributed by atoms with van der Waals surface area (Å²) in [7, 11) is 0. The van der Waals surface area contributed by atoms with Gasteiger partial charge in [-0.2, -0.15) is 0 Å². The molecule has 1 N–H and O–H groups in total. The minimum atomic E-state index is -0.390. The molecule has 2 aliphatic heterocycles. The van der Waals surface area contributed by atoms with Gasteiger partial charge in [0, 0.05) is 41.8 Å². The first-order chi connectivity index (χ1) is 11.1. The second kappa shape index (κ2) is 6.36. The van der Waals surface area contributed by atoms with Gasteiger partial charge >= 0.3 is 0 Å². The highest BCUT2D eigenvalue weighted by Gasteiger charge is 2.50. The summed E-state index contributed by atoms with van der Waals surface area (Å²) in [6.45, 7) is 2.02. The molecule has 1 saturated carbocycles. The molecular formula is C17H22ClNO3S. The van der Waals surface area contributed by atoms with Crippen LogP contribution in [-0.2, 0) is 9.53 Å². The maximum absolute atomic E-state index is 12.9.